The highest BCUT2D eigenvalue weighted by molar-refractivity contribution is 9.11. The summed E-state index contributed by atoms with van der Waals surface area (Å²) in [6.07, 6.45) is 2.17. The highest BCUT2D eigenvalue weighted by Crippen LogP contribution is 2.29. The summed E-state index contributed by atoms with van der Waals surface area (Å²) in [5.41, 5.74) is 0.960. The van der Waals surface area contributed by atoms with Crippen molar-refractivity contribution >= 4 is 41.9 Å². The third-order valence-corrected chi connectivity index (χ3v) is 6.89. The van der Waals surface area contributed by atoms with E-state index in [9.17, 15) is 13.5 Å². The number of hydrogen-bond donors (Lipinski definition) is 2. The zero-order chi connectivity index (χ0) is 14.9. The Balaban J connectivity index is 2.16. The summed E-state index contributed by atoms with van der Waals surface area (Å²) in [5.74, 6) is 0.0115. The number of sulfonamides is 1. The van der Waals surface area contributed by atoms with Crippen molar-refractivity contribution in [2.75, 3.05) is 6.54 Å². The van der Waals surface area contributed by atoms with Crippen LogP contribution in [0.3, 0.4) is 0 Å². The van der Waals surface area contributed by atoms with Crippen molar-refractivity contribution in [1.82, 2.24) is 4.72 Å². The highest BCUT2D eigenvalue weighted by atomic mass is 79.9. The zero-order valence-electron chi connectivity index (χ0n) is 11.1. The molecule has 1 aliphatic rings. The van der Waals surface area contributed by atoms with Crippen LogP contribution in [-0.2, 0) is 10.0 Å². The maximum absolute atomic E-state index is 12.3. The number of aryl methyl sites for hydroxylation is 1. The molecule has 0 radical (unpaired) electrons. The van der Waals surface area contributed by atoms with Crippen LogP contribution in [-0.4, -0.2) is 26.2 Å². The summed E-state index contributed by atoms with van der Waals surface area (Å²) in [7, 11) is -3.58. The summed E-state index contributed by atoms with van der Waals surface area (Å²) in [6.45, 7) is 2.18. The molecule has 1 aromatic carbocycles. The number of hydrogen-bond acceptors (Lipinski definition) is 3. The number of halogens is 2. The van der Waals surface area contributed by atoms with Crippen molar-refractivity contribution < 1.29 is 13.5 Å². The van der Waals surface area contributed by atoms with Crippen LogP contribution in [0.1, 0.15) is 24.8 Å². The van der Waals surface area contributed by atoms with Crippen molar-refractivity contribution in [3.8, 4) is 0 Å². The van der Waals surface area contributed by atoms with Crippen LogP contribution >= 0.6 is 31.9 Å². The summed E-state index contributed by atoms with van der Waals surface area (Å²) in [6, 6.07) is 3.36. The van der Waals surface area contributed by atoms with Crippen LogP contribution in [0.15, 0.2) is 26.0 Å². The van der Waals surface area contributed by atoms with Crippen molar-refractivity contribution in [2.45, 2.75) is 37.2 Å². The van der Waals surface area contributed by atoms with E-state index in [1.54, 1.807) is 12.1 Å². The summed E-state index contributed by atoms with van der Waals surface area (Å²) >= 11 is 6.64. The monoisotopic (exact) mass is 425 g/mol. The molecular formula is C13H17Br2NO3S. The molecule has 2 atom stereocenters. The van der Waals surface area contributed by atoms with Crippen molar-refractivity contribution in [3.63, 3.8) is 0 Å². The van der Waals surface area contributed by atoms with Gasteiger partial charge in [0.1, 0.15) is 0 Å². The molecule has 0 amide bonds. The summed E-state index contributed by atoms with van der Waals surface area (Å²) in [5, 5.41) is 9.74. The molecule has 0 aromatic heterocycles. The van der Waals surface area contributed by atoms with Crippen LogP contribution in [0.5, 0.6) is 0 Å². The van der Waals surface area contributed by atoms with Gasteiger partial charge < -0.3 is 5.11 Å². The van der Waals surface area contributed by atoms with E-state index in [-0.39, 0.29) is 17.4 Å². The van der Waals surface area contributed by atoms with Gasteiger partial charge in [-0.2, -0.15) is 0 Å². The molecule has 0 saturated heterocycles. The molecule has 2 unspecified atom stereocenters. The SMILES string of the molecule is Cc1cc(Br)c(S(=O)(=O)NCC2CCCC2O)cc1Br. The Morgan fingerprint density at radius 2 is 2.00 bits per heavy atom. The van der Waals surface area contributed by atoms with Gasteiger partial charge in [-0.05, 0) is 59.3 Å². The predicted molar refractivity (Wildman–Crippen MR) is 85.1 cm³/mol. The second-order valence-electron chi connectivity index (χ2n) is 5.14. The van der Waals surface area contributed by atoms with Gasteiger partial charge in [-0.3, -0.25) is 0 Å². The Bertz CT molecular complexity index is 604. The average Bonchev–Trinajstić information content (AvgIpc) is 2.77. The van der Waals surface area contributed by atoms with Crippen LogP contribution in [0.2, 0.25) is 0 Å². The van der Waals surface area contributed by atoms with Crippen LogP contribution < -0.4 is 4.72 Å². The Morgan fingerprint density at radius 1 is 1.30 bits per heavy atom. The quantitative estimate of drug-likeness (QED) is 0.777. The number of benzene rings is 1. The first kappa shape index (κ1) is 16.4. The maximum atomic E-state index is 12.3. The number of aliphatic hydroxyl groups excluding tert-OH is 1. The lowest BCUT2D eigenvalue weighted by molar-refractivity contribution is 0.134. The molecule has 1 aliphatic carbocycles. The van der Waals surface area contributed by atoms with Crippen molar-refractivity contribution in [2.24, 2.45) is 5.92 Å². The Labute approximate surface area is 136 Å². The fourth-order valence-electron chi connectivity index (χ4n) is 2.38. The molecule has 7 heteroatoms. The smallest absolute Gasteiger partial charge is 0.241 e. The molecule has 112 valence electrons. The third kappa shape index (κ3) is 3.62. The average molecular weight is 427 g/mol. The van der Waals surface area contributed by atoms with E-state index in [0.29, 0.717) is 4.47 Å². The van der Waals surface area contributed by atoms with Crippen LogP contribution in [0, 0.1) is 12.8 Å². The molecule has 20 heavy (non-hydrogen) atoms. The van der Waals surface area contributed by atoms with Gasteiger partial charge in [-0.15, -0.1) is 0 Å². The Morgan fingerprint density at radius 3 is 2.60 bits per heavy atom. The van der Waals surface area contributed by atoms with Gasteiger partial charge in [0.05, 0.1) is 11.0 Å². The van der Waals surface area contributed by atoms with E-state index in [0.717, 1.165) is 29.3 Å². The summed E-state index contributed by atoms with van der Waals surface area (Å²) < 4.78 is 28.6. The minimum absolute atomic E-state index is 0.0115. The van der Waals surface area contributed by atoms with Gasteiger partial charge >= 0.3 is 0 Å². The van der Waals surface area contributed by atoms with E-state index in [1.807, 2.05) is 6.92 Å². The van der Waals surface area contributed by atoms with E-state index in [2.05, 4.69) is 36.6 Å². The van der Waals surface area contributed by atoms with Gasteiger partial charge in [-0.25, -0.2) is 13.1 Å². The second kappa shape index (κ2) is 6.44. The molecule has 2 N–H and O–H groups in total. The third-order valence-electron chi connectivity index (χ3n) is 3.66. The predicted octanol–water partition coefficient (Wildman–Crippen LogP) is 2.96. The van der Waals surface area contributed by atoms with E-state index in [1.165, 1.54) is 0 Å². The van der Waals surface area contributed by atoms with Crippen molar-refractivity contribution in [1.29, 1.82) is 0 Å². The molecule has 0 heterocycles. The lowest BCUT2D eigenvalue weighted by atomic mass is 10.1. The normalized spacial score (nSPS) is 23.2. The van der Waals surface area contributed by atoms with Gasteiger partial charge in [-0.1, -0.05) is 22.4 Å². The van der Waals surface area contributed by atoms with E-state index < -0.39 is 16.1 Å². The molecule has 2 rings (SSSR count). The molecular weight excluding hydrogens is 410 g/mol. The molecule has 0 aliphatic heterocycles. The topological polar surface area (TPSA) is 66.4 Å². The fraction of sp³-hybridized carbons (Fsp3) is 0.538. The van der Waals surface area contributed by atoms with E-state index in [4.69, 9.17) is 0 Å². The van der Waals surface area contributed by atoms with Gasteiger partial charge in [0.15, 0.2) is 0 Å². The Kier molecular flexibility index (Phi) is 5.29. The largest absolute Gasteiger partial charge is 0.393 e. The first-order valence-corrected chi connectivity index (χ1v) is 9.51. The molecule has 1 saturated carbocycles. The van der Waals surface area contributed by atoms with Crippen LogP contribution in [0.4, 0.5) is 0 Å². The lowest BCUT2D eigenvalue weighted by Gasteiger charge is -2.16. The number of nitrogens with one attached hydrogen (secondary N) is 1. The first-order chi connectivity index (χ1) is 9.31. The van der Waals surface area contributed by atoms with Crippen LogP contribution in [0.25, 0.3) is 0 Å². The number of rotatable bonds is 4. The zero-order valence-corrected chi connectivity index (χ0v) is 15.1. The second-order valence-corrected chi connectivity index (χ2v) is 8.59. The van der Waals surface area contributed by atoms with Gasteiger partial charge in [0.25, 0.3) is 0 Å². The minimum atomic E-state index is -3.58. The highest BCUT2D eigenvalue weighted by Gasteiger charge is 2.27. The molecule has 1 aromatic rings. The number of aliphatic hydroxyl groups is 1. The molecule has 1 fully saturated rings. The van der Waals surface area contributed by atoms with Gasteiger partial charge in [0.2, 0.25) is 10.0 Å². The summed E-state index contributed by atoms with van der Waals surface area (Å²) in [4.78, 5) is 0.211. The molecule has 0 bridgehead atoms. The fourth-order valence-corrected chi connectivity index (χ4v) is 5.15. The Hall–Kier alpha value is 0.0500. The first-order valence-electron chi connectivity index (χ1n) is 6.44. The van der Waals surface area contributed by atoms with E-state index >= 15 is 0 Å². The maximum Gasteiger partial charge on any atom is 0.241 e. The van der Waals surface area contributed by atoms with Gasteiger partial charge in [0, 0.05) is 15.5 Å². The molecule has 4 nitrogen and oxygen atoms in total. The standard InChI is InChI=1S/C13H17Br2NO3S/c1-8-5-11(15)13(6-10(8)14)20(18,19)16-7-9-3-2-4-12(9)17/h5-6,9,12,16-17H,2-4,7H2,1H3. The van der Waals surface area contributed by atoms with Crippen molar-refractivity contribution in [3.05, 3.63) is 26.6 Å². The lowest BCUT2D eigenvalue weighted by Crippen LogP contribution is -2.32. The molecule has 0 spiro atoms. The minimum Gasteiger partial charge on any atom is -0.393 e.